The molecule has 0 aromatic carbocycles. The van der Waals surface area contributed by atoms with Gasteiger partial charge in [0, 0.05) is 13.3 Å². The maximum absolute atomic E-state index is 12.0. The number of fused-ring (bicyclic) bond motifs is 2. The summed E-state index contributed by atoms with van der Waals surface area (Å²) >= 11 is 0. The molecule has 1 heterocycles. The third-order valence-corrected chi connectivity index (χ3v) is 3.80. The minimum absolute atomic E-state index is 0.0519. The predicted octanol–water partition coefficient (Wildman–Crippen LogP) is 2.39. The molecule has 3 rings (SSSR count). The van der Waals surface area contributed by atoms with E-state index in [1.807, 2.05) is 13.0 Å². The lowest BCUT2D eigenvalue weighted by Gasteiger charge is -2.27. The fourth-order valence-corrected chi connectivity index (χ4v) is 2.91. The summed E-state index contributed by atoms with van der Waals surface area (Å²) in [6.07, 6.45) is 10.6. The van der Waals surface area contributed by atoms with Crippen LogP contribution in [0.5, 0.6) is 0 Å². The predicted molar refractivity (Wildman–Crippen MR) is 58.2 cm³/mol. The largest absolute Gasteiger partial charge is 0.460 e. The molecule has 2 bridgehead atoms. The molecule has 0 aromatic heterocycles. The number of carbonyl (C=O) groups is 1. The van der Waals surface area contributed by atoms with E-state index in [2.05, 4.69) is 12.2 Å². The summed E-state index contributed by atoms with van der Waals surface area (Å²) < 4.78 is 10.8. The lowest BCUT2D eigenvalue weighted by molar-refractivity contribution is -0.202. The highest BCUT2D eigenvalue weighted by Gasteiger charge is 2.43. The molecule has 3 heteroatoms. The van der Waals surface area contributed by atoms with Gasteiger partial charge in [-0.25, -0.2) is 0 Å². The topological polar surface area (TPSA) is 35.5 Å². The monoisotopic (exact) mass is 220 g/mol. The van der Waals surface area contributed by atoms with Crippen LogP contribution in [-0.4, -0.2) is 11.8 Å². The van der Waals surface area contributed by atoms with Crippen LogP contribution in [0.2, 0.25) is 0 Å². The summed E-state index contributed by atoms with van der Waals surface area (Å²) in [6, 6.07) is 0. The van der Waals surface area contributed by atoms with Gasteiger partial charge in [-0.2, -0.15) is 0 Å². The number of esters is 1. The molecule has 3 aliphatic rings. The lowest BCUT2D eigenvalue weighted by Crippen LogP contribution is -2.34. The summed E-state index contributed by atoms with van der Waals surface area (Å²) in [4.78, 5) is 12.0. The first-order valence-corrected chi connectivity index (χ1v) is 5.90. The average Bonchev–Trinajstić information content (AvgIpc) is 2.92. The molecule has 1 saturated carbocycles. The summed E-state index contributed by atoms with van der Waals surface area (Å²) in [5.41, 5.74) is 0. The van der Waals surface area contributed by atoms with Crippen molar-refractivity contribution in [2.45, 2.75) is 32.0 Å². The molecule has 0 amide bonds. The van der Waals surface area contributed by atoms with Crippen molar-refractivity contribution >= 4 is 5.97 Å². The van der Waals surface area contributed by atoms with Crippen LogP contribution in [-0.2, 0) is 14.3 Å². The van der Waals surface area contributed by atoms with Gasteiger partial charge >= 0.3 is 5.97 Å². The molecule has 16 heavy (non-hydrogen) atoms. The first-order valence-electron chi connectivity index (χ1n) is 5.90. The molecular formula is C13H16O3. The molecular weight excluding hydrogens is 204 g/mol. The van der Waals surface area contributed by atoms with Crippen LogP contribution >= 0.6 is 0 Å². The first kappa shape index (κ1) is 9.94. The van der Waals surface area contributed by atoms with E-state index >= 15 is 0 Å². The van der Waals surface area contributed by atoms with Crippen LogP contribution in [0.3, 0.4) is 0 Å². The Morgan fingerprint density at radius 2 is 2.31 bits per heavy atom. The first-order chi connectivity index (χ1) is 7.66. The van der Waals surface area contributed by atoms with Gasteiger partial charge in [0.15, 0.2) is 0 Å². The molecule has 4 atom stereocenters. The molecule has 3 nitrogen and oxygen atoms in total. The van der Waals surface area contributed by atoms with E-state index in [-0.39, 0.29) is 11.9 Å². The highest BCUT2D eigenvalue weighted by Crippen LogP contribution is 2.44. The standard InChI is InChI=1S/C13H16O3/c1-13(5-2-6-15-13)16-12(14)11-8-9-3-4-10(11)7-9/h2-4,6,9-11H,5,7-8H2,1H3/t9-,10-,11+,13-/m0/s1. The van der Waals surface area contributed by atoms with Gasteiger partial charge < -0.3 is 9.47 Å². The van der Waals surface area contributed by atoms with Crippen molar-refractivity contribution in [1.82, 2.24) is 0 Å². The molecule has 1 fully saturated rings. The molecule has 0 N–H and O–H groups in total. The number of ether oxygens (including phenoxy) is 2. The molecule has 2 aliphatic carbocycles. The third-order valence-electron chi connectivity index (χ3n) is 3.80. The van der Waals surface area contributed by atoms with Gasteiger partial charge in [-0.3, -0.25) is 4.79 Å². The zero-order chi connectivity index (χ0) is 11.2. The Bertz CT molecular complexity index is 361. The minimum atomic E-state index is -0.761. The highest BCUT2D eigenvalue weighted by molar-refractivity contribution is 5.74. The van der Waals surface area contributed by atoms with Crippen molar-refractivity contribution in [2.75, 3.05) is 0 Å². The van der Waals surface area contributed by atoms with Gasteiger partial charge in [-0.1, -0.05) is 12.2 Å². The molecule has 86 valence electrons. The second kappa shape index (κ2) is 3.37. The van der Waals surface area contributed by atoms with Crippen molar-refractivity contribution < 1.29 is 14.3 Å². The number of rotatable bonds is 2. The molecule has 0 saturated heterocycles. The fraction of sp³-hybridized carbons (Fsp3) is 0.615. The number of hydrogen-bond donors (Lipinski definition) is 0. The van der Waals surface area contributed by atoms with Crippen LogP contribution in [0.1, 0.15) is 26.2 Å². The van der Waals surface area contributed by atoms with Crippen molar-refractivity contribution in [2.24, 2.45) is 17.8 Å². The molecule has 0 unspecified atom stereocenters. The Morgan fingerprint density at radius 3 is 2.88 bits per heavy atom. The van der Waals surface area contributed by atoms with Crippen molar-refractivity contribution in [3.8, 4) is 0 Å². The Kier molecular flexibility index (Phi) is 2.09. The zero-order valence-corrected chi connectivity index (χ0v) is 9.39. The summed E-state index contributed by atoms with van der Waals surface area (Å²) in [5, 5.41) is 0. The molecule has 1 aliphatic heterocycles. The van der Waals surface area contributed by atoms with E-state index in [1.165, 1.54) is 0 Å². The quantitative estimate of drug-likeness (QED) is 0.529. The van der Waals surface area contributed by atoms with E-state index in [4.69, 9.17) is 9.47 Å². The van der Waals surface area contributed by atoms with Crippen molar-refractivity contribution in [3.63, 3.8) is 0 Å². The Labute approximate surface area is 95.1 Å². The minimum Gasteiger partial charge on any atom is -0.460 e. The number of allylic oxidation sites excluding steroid dienone is 2. The zero-order valence-electron chi connectivity index (χ0n) is 9.39. The normalized spacial score (nSPS) is 43.7. The highest BCUT2D eigenvalue weighted by atomic mass is 16.7. The van der Waals surface area contributed by atoms with E-state index in [0.29, 0.717) is 18.3 Å². The summed E-state index contributed by atoms with van der Waals surface area (Å²) in [5.74, 6) is 0.190. The third kappa shape index (κ3) is 1.55. The average molecular weight is 220 g/mol. The second-order valence-corrected chi connectivity index (χ2v) is 5.14. The maximum atomic E-state index is 12.0. The molecule has 0 spiro atoms. The lowest BCUT2D eigenvalue weighted by atomic mass is 9.94. The fourth-order valence-electron chi connectivity index (χ4n) is 2.91. The second-order valence-electron chi connectivity index (χ2n) is 5.14. The maximum Gasteiger partial charge on any atom is 0.312 e. The number of hydrogen-bond acceptors (Lipinski definition) is 3. The smallest absolute Gasteiger partial charge is 0.312 e. The van der Waals surface area contributed by atoms with Crippen LogP contribution < -0.4 is 0 Å². The van der Waals surface area contributed by atoms with E-state index < -0.39 is 5.79 Å². The van der Waals surface area contributed by atoms with Crippen LogP contribution in [0, 0.1) is 17.8 Å². The van der Waals surface area contributed by atoms with Crippen LogP contribution in [0.4, 0.5) is 0 Å². The van der Waals surface area contributed by atoms with Gasteiger partial charge in [0.1, 0.15) is 0 Å². The summed E-state index contributed by atoms with van der Waals surface area (Å²) in [7, 11) is 0. The number of carbonyl (C=O) groups excluding carboxylic acids is 1. The van der Waals surface area contributed by atoms with Crippen molar-refractivity contribution in [3.05, 3.63) is 24.5 Å². The van der Waals surface area contributed by atoms with Gasteiger partial charge in [0.2, 0.25) is 0 Å². The Balaban J connectivity index is 1.64. The van der Waals surface area contributed by atoms with Gasteiger partial charge in [-0.05, 0) is 30.8 Å². The van der Waals surface area contributed by atoms with E-state index in [9.17, 15) is 4.79 Å². The molecule has 0 radical (unpaired) electrons. The molecule has 0 aromatic rings. The Hall–Kier alpha value is -1.25. The van der Waals surface area contributed by atoms with Crippen LogP contribution in [0.15, 0.2) is 24.5 Å². The summed E-state index contributed by atoms with van der Waals surface area (Å²) in [6.45, 7) is 1.81. The SMILES string of the molecule is C[C@]1(OC(=O)[C@@H]2C[C@H]3C=C[C@H]2C3)CC=CO1. The Morgan fingerprint density at radius 1 is 1.44 bits per heavy atom. The van der Waals surface area contributed by atoms with Gasteiger partial charge in [0.25, 0.3) is 5.79 Å². The van der Waals surface area contributed by atoms with Gasteiger partial charge in [0.05, 0.1) is 12.2 Å². The van der Waals surface area contributed by atoms with Crippen molar-refractivity contribution in [1.29, 1.82) is 0 Å². The van der Waals surface area contributed by atoms with E-state index in [0.717, 1.165) is 12.8 Å². The van der Waals surface area contributed by atoms with E-state index in [1.54, 1.807) is 6.26 Å². The van der Waals surface area contributed by atoms with Gasteiger partial charge in [-0.15, -0.1) is 0 Å². The van der Waals surface area contributed by atoms with Crippen LogP contribution in [0.25, 0.3) is 0 Å².